The SMILES string of the molecule is CCCCCCCCCCCCCC/C=C\CCCCCCCCCCCCC(O)C(=O)NC(COC1OC(CO)C(O)C(O)C1O)C(O)C(O)CCC/C=C/CC/C=C/CC/C=C/CCCCCCCCCCCCCCCCCCCC. The monoisotopic (exact) mass is 1190 g/mol. The molecule has 1 amide bonds. The minimum Gasteiger partial charge on any atom is -0.394 e. The molecule has 11 nitrogen and oxygen atoms in total. The van der Waals surface area contributed by atoms with E-state index in [1.165, 1.54) is 250 Å². The van der Waals surface area contributed by atoms with Crippen molar-refractivity contribution in [3.63, 3.8) is 0 Å². The van der Waals surface area contributed by atoms with Gasteiger partial charge in [0.25, 0.3) is 0 Å². The lowest BCUT2D eigenvalue weighted by Gasteiger charge is -2.40. The van der Waals surface area contributed by atoms with Crippen LogP contribution in [0, 0.1) is 0 Å². The molecule has 0 radical (unpaired) electrons. The summed E-state index contributed by atoms with van der Waals surface area (Å²) in [6, 6.07) is -1.20. The Bertz CT molecular complexity index is 1510. The summed E-state index contributed by atoms with van der Waals surface area (Å²) in [5, 5.41) is 76.5. The van der Waals surface area contributed by atoms with Crippen LogP contribution in [0.1, 0.15) is 341 Å². The molecule has 9 atom stereocenters. The maximum atomic E-state index is 13.2. The molecule has 1 heterocycles. The van der Waals surface area contributed by atoms with E-state index in [1.54, 1.807) is 0 Å². The van der Waals surface area contributed by atoms with Crippen molar-refractivity contribution in [3.8, 4) is 0 Å². The van der Waals surface area contributed by atoms with Gasteiger partial charge >= 0.3 is 0 Å². The number of aliphatic hydroxyl groups excluding tert-OH is 7. The van der Waals surface area contributed by atoms with Gasteiger partial charge in [-0.15, -0.1) is 0 Å². The molecule has 1 aliphatic heterocycles. The third kappa shape index (κ3) is 48.1. The van der Waals surface area contributed by atoms with E-state index < -0.39 is 74.2 Å². The predicted octanol–water partition coefficient (Wildman–Crippen LogP) is 17.5. The molecule has 494 valence electrons. The second-order valence-electron chi connectivity index (χ2n) is 25.3. The van der Waals surface area contributed by atoms with Gasteiger partial charge in [0.05, 0.1) is 25.4 Å². The van der Waals surface area contributed by atoms with Gasteiger partial charge in [-0.25, -0.2) is 0 Å². The van der Waals surface area contributed by atoms with Crippen molar-refractivity contribution in [3.05, 3.63) is 48.6 Å². The Balaban J connectivity index is 2.24. The molecule has 0 bridgehead atoms. The molecular weight excluding hydrogens is 1050 g/mol. The predicted molar refractivity (Wildman–Crippen MR) is 353 cm³/mol. The summed E-state index contributed by atoms with van der Waals surface area (Å²) in [5.41, 5.74) is 0. The fraction of sp³-hybridized carbons (Fsp3) is 0.877. The smallest absolute Gasteiger partial charge is 0.249 e. The second kappa shape index (κ2) is 61.3. The summed E-state index contributed by atoms with van der Waals surface area (Å²) < 4.78 is 11.2. The van der Waals surface area contributed by atoms with Gasteiger partial charge in [-0.2, -0.15) is 0 Å². The van der Waals surface area contributed by atoms with Crippen LogP contribution in [-0.2, 0) is 14.3 Å². The fourth-order valence-electron chi connectivity index (χ4n) is 11.5. The molecule has 1 fully saturated rings. The van der Waals surface area contributed by atoms with Crippen LogP contribution in [0.4, 0.5) is 0 Å². The number of hydrogen-bond acceptors (Lipinski definition) is 10. The Morgan fingerprint density at radius 2 is 0.714 bits per heavy atom. The van der Waals surface area contributed by atoms with E-state index in [4.69, 9.17) is 9.47 Å². The number of hydrogen-bond donors (Lipinski definition) is 8. The second-order valence-corrected chi connectivity index (χ2v) is 25.3. The molecule has 0 aromatic rings. The number of aliphatic hydroxyl groups is 7. The van der Waals surface area contributed by atoms with Crippen LogP contribution < -0.4 is 5.32 Å². The van der Waals surface area contributed by atoms with Gasteiger partial charge in [-0.3, -0.25) is 4.79 Å². The van der Waals surface area contributed by atoms with Crippen molar-refractivity contribution in [1.82, 2.24) is 5.32 Å². The molecule has 0 aliphatic carbocycles. The number of carbonyl (C=O) groups excluding carboxylic acids is 1. The van der Waals surface area contributed by atoms with Gasteiger partial charge in [-0.05, 0) is 89.9 Å². The average molecular weight is 1190 g/mol. The van der Waals surface area contributed by atoms with Crippen LogP contribution >= 0.6 is 0 Å². The molecule has 1 saturated heterocycles. The van der Waals surface area contributed by atoms with Gasteiger partial charge in [0.15, 0.2) is 6.29 Å². The third-order valence-corrected chi connectivity index (χ3v) is 17.3. The van der Waals surface area contributed by atoms with E-state index >= 15 is 0 Å². The van der Waals surface area contributed by atoms with Gasteiger partial charge in [0, 0.05) is 0 Å². The van der Waals surface area contributed by atoms with Gasteiger partial charge in [0.1, 0.15) is 36.6 Å². The molecule has 8 N–H and O–H groups in total. The van der Waals surface area contributed by atoms with Gasteiger partial charge in [-0.1, -0.05) is 300 Å². The van der Waals surface area contributed by atoms with Crippen LogP contribution in [0.15, 0.2) is 48.6 Å². The molecule has 84 heavy (non-hydrogen) atoms. The van der Waals surface area contributed by atoms with E-state index in [2.05, 4.69) is 67.8 Å². The number of rotatable bonds is 63. The van der Waals surface area contributed by atoms with E-state index in [1.807, 2.05) is 0 Å². The van der Waals surface area contributed by atoms with Crippen molar-refractivity contribution in [1.29, 1.82) is 0 Å². The van der Waals surface area contributed by atoms with Gasteiger partial charge < -0.3 is 50.5 Å². The first-order valence-corrected chi connectivity index (χ1v) is 36.0. The Kier molecular flexibility index (Phi) is 58.5. The summed E-state index contributed by atoms with van der Waals surface area (Å²) in [5.74, 6) is -0.710. The lowest BCUT2D eigenvalue weighted by atomic mass is 9.98. The first kappa shape index (κ1) is 80.1. The van der Waals surface area contributed by atoms with Crippen LogP contribution in [0.3, 0.4) is 0 Å². The zero-order chi connectivity index (χ0) is 61.0. The molecule has 1 aliphatic rings. The molecule has 0 aromatic carbocycles. The van der Waals surface area contributed by atoms with E-state index in [0.717, 1.165) is 44.9 Å². The standard InChI is InChI=1S/C73H137NO10/c1-3-5-7-9-11-13-15-17-19-21-23-25-27-29-31-32-33-34-35-37-38-40-42-44-46-48-50-52-54-56-58-60-65(76)68(78)64(63-83-73-71(81)70(80)69(79)67(62-75)84-73)74-72(82)66(77)61-59-57-55-53-51-49-47-45-43-41-39-36-30-28-26-24-22-20-18-16-14-12-10-8-6-4-2/h30,36-38,44,46,52,54,64-71,73,75-81H,3-29,31-35,39-43,45,47-51,53,55-63H2,1-2H3,(H,74,82)/b36-30-,38-37+,46-44+,54-52+. The number of ether oxygens (including phenoxy) is 2. The van der Waals surface area contributed by atoms with Crippen LogP contribution in [0.25, 0.3) is 0 Å². The molecule has 0 aromatic heterocycles. The number of carbonyl (C=O) groups is 1. The Hall–Kier alpha value is -1.93. The zero-order valence-electron chi connectivity index (χ0n) is 54.6. The Morgan fingerprint density at radius 3 is 1.06 bits per heavy atom. The molecule has 1 rings (SSSR count). The third-order valence-electron chi connectivity index (χ3n) is 17.3. The van der Waals surface area contributed by atoms with Crippen molar-refractivity contribution in [2.24, 2.45) is 0 Å². The summed E-state index contributed by atoms with van der Waals surface area (Å²) in [4.78, 5) is 13.2. The van der Waals surface area contributed by atoms with Crippen LogP contribution in [-0.4, -0.2) is 110 Å². The van der Waals surface area contributed by atoms with Crippen molar-refractivity contribution in [2.75, 3.05) is 13.2 Å². The number of amides is 1. The molecular formula is C73H137NO10. The lowest BCUT2D eigenvalue weighted by Crippen LogP contribution is -2.60. The topological polar surface area (TPSA) is 189 Å². The maximum Gasteiger partial charge on any atom is 0.249 e. The first-order valence-electron chi connectivity index (χ1n) is 36.0. The first-order chi connectivity index (χ1) is 41.2. The summed E-state index contributed by atoms with van der Waals surface area (Å²) in [6.45, 7) is 3.49. The Labute approximate surface area is 517 Å². The summed E-state index contributed by atoms with van der Waals surface area (Å²) in [7, 11) is 0. The van der Waals surface area contributed by atoms with Crippen LogP contribution in [0.2, 0.25) is 0 Å². The van der Waals surface area contributed by atoms with Gasteiger partial charge in [0.2, 0.25) is 5.91 Å². The molecule has 11 heteroatoms. The number of nitrogens with one attached hydrogen (secondary N) is 1. The van der Waals surface area contributed by atoms with Crippen molar-refractivity contribution >= 4 is 5.91 Å². The zero-order valence-corrected chi connectivity index (χ0v) is 54.6. The van der Waals surface area contributed by atoms with E-state index in [-0.39, 0.29) is 12.8 Å². The minimum atomic E-state index is -1.68. The quantitative estimate of drug-likeness (QED) is 0.0215. The highest BCUT2D eigenvalue weighted by Gasteiger charge is 2.44. The largest absolute Gasteiger partial charge is 0.394 e. The van der Waals surface area contributed by atoms with E-state index in [9.17, 15) is 40.5 Å². The average Bonchev–Trinajstić information content (AvgIpc) is 3.66. The Morgan fingerprint density at radius 1 is 0.405 bits per heavy atom. The van der Waals surface area contributed by atoms with E-state index in [0.29, 0.717) is 19.3 Å². The molecule has 9 unspecified atom stereocenters. The number of unbranched alkanes of at least 4 members (excludes halogenated alkanes) is 43. The highest BCUT2D eigenvalue weighted by atomic mass is 16.7. The highest BCUT2D eigenvalue weighted by Crippen LogP contribution is 2.24. The lowest BCUT2D eigenvalue weighted by molar-refractivity contribution is -0.303. The van der Waals surface area contributed by atoms with Crippen LogP contribution in [0.5, 0.6) is 0 Å². The molecule has 0 saturated carbocycles. The normalized spacial score (nSPS) is 19.2. The maximum absolute atomic E-state index is 13.2. The molecule has 0 spiro atoms. The van der Waals surface area contributed by atoms with Crippen molar-refractivity contribution < 1.29 is 50.0 Å². The highest BCUT2D eigenvalue weighted by molar-refractivity contribution is 5.80. The minimum absolute atomic E-state index is 0.241. The number of allylic oxidation sites excluding steroid dienone is 8. The summed E-state index contributed by atoms with van der Waals surface area (Å²) in [6.07, 6.45) is 69.2. The fourth-order valence-corrected chi connectivity index (χ4v) is 11.5. The van der Waals surface area contributed by atoms with Crippen molar-refractivity contribution in [2.45, 2.75) is 396 Å². The summed E-state index contributed by atoms with van der Waals surface area (Å²) >= 11 is 0.